The van der Waals surface area contributed by atoms with Crippen LogP contribution in [0.15, 0.2) is 18.5 Å². The summed E-state index contributed by atoms with van der Waals surface area (Å²) in [7, 11) is -3.10. The summed E-state index contributed by atoms with van der Waals surface area (Å²) in [5.41, 5.74) is 0.552. The first-order valence-electron chi connectivity index (χ1n) is 10.3. The maximum absolute atomic E-state index is 12.0. The first-order valence-corrected chi connectivity index (χ1v) is 11.9. The first-order chi connectivity index (χ1) is 15.5. The zero-order chi connectivity index (χ0) is 23.9. The predicted molar refractivity (Wildman–Crippen MR) is 108 cm³/mol. The zero-order valence-corrected chi connectivity index (χ0v) is 18.2. The van der Waals surface area contributed by atoms with Crippen LogP contribution in [0.2, 0.25) is 0 Å². The van der Waals surface area contributed by atoms with E-state index < -0.39 is 22.2 Å². The minimum absolute atomic E-state index is 0.158. The SMILES string of the molecule is O=C(O)C(F)(F)F.O=S(=O)(NCCC1CCOC12CN(c1ccc3nncn3n1)C2)C1CC1. The largest absolute Gasteiger partial charge is 0.490 e. The molecule has 15 heteroatoms. The quantitative estimate of drug-likeness (QED) is 0.600. The third-order valence-electron chi connectivity index (χ3n) is 5.99. The Kier molecular flexibility index (Phi) is 6.22. The predicted octanol–water partition coefficient (Wildman–Crippen LogP) is 0.825. The van der Waals surface area contributed by atoms with Crippen LogP contribution in [-0.2, 0) is 19.6 Å². The average Bonchev–Trinajstić information content (AvgIpc) is 3.34. The van der Waals surface area contributed by atoms with Gasteiger partial charge in [0.05, 0.1) is 18.3 Å². The monoisotopic (exact) mass is 492 g/mol. The van der Waals surface area contributed by atoms with Crippen LogP contribution >= 0.6 is 0 Å². The number of rotatable bonds is 6. The number of alkyl halides is 3. The number of anilines is 1. The van der Waals surface area contributed by atoms with Crippen molar-refractivity contribution in [2.24, 2.45) is 5.92 Å². The Morgan fingerprint density at radius 1 is 1.27 bits per heavy atom. The topological polar surface area (TPSA) is 139 Å². The van der Waals surface area contributed by atoms with Gasteiger partial charge in [0.15, 0.2) is 5.65 Å². The highest BCUT2D eigenvalue weighted by Crippen LogP contribution is 2.43. The Labute approximate surface area is 187 Å². The molecular formula is C18H23F3N6O5S. The van der Waals surface area contributed by atoms with Gasteiger partial charge in [0.25, 0.3) is 0 Å². The molecule has 1 saturated carbocycles. The minimum Gasteiger partial charge on any atom is -0.475 e. The molecule has 2 saturated heterocycles. The molecule has 2 aromatic heterocycles. The molecule has 33 heavy (non-hydrogen) atoms. The molecule has 182 valence electrons. The fourth-order valence-electron chi connectivity index (χ4n) is 4.06. The molecule has 0 radical (unpaired) electrons. The van der Waals surface area contributed by atoms with E-state index in [0.717, 1.165) is 56.8 Å². The summed E-state index contributed by atoms with van der Waals surface area (Å²) in [4.78, 5) is 11.1. The second-order valence-corrected chi connectivity index (χ2v) is 10.4. The van der Waals surface area contributed by atoms with Gasteiger partial charge in [0.2, 0.25) is 10.0 Å². The van der Waals surface area contributed by atoms with Crippen LogP contribution in [0.4, 0.5) is 19.0 Å². The Hall–Kier alpha value is -2.52. The van der Waals surface area contributed by atoms with Crippen molar-refractivity contribution in [1.29, 1.82) is 0 Å². The van der Waals surface area contributed by atoms with Crippen LogP contribution in [0.1, 0.15) is 25.7 Å². The number of carbonyl (C=O) groups is 1. The Balaban J connectivity index is 0.000000325. The average molecular weight is 492 g/mol. The van der Waals surface area contributed by atoms with Crippen molar-refractivity contribution in [3.05, 3.63) is 18.5 Å². The number of halogens is 3. The molecule has 4 heterocycles. The van der Waals surface area contributed by atoms with Crippen molar-refractivity contribution < 1.29 is 36.2 Å². The molecule has 1 aliphatic carbocycles. The van der Waals surface area contributed by atoms with Gasteiger partial charge in [-0.05, 0) is 43.7 Å². The normalized spacial score (nSPS) is 22.2. The highest BCUT2D eigenvalue weighted by atomic mass is 32.2. The van der Waals surface area contributed by atoms with Crippen LogP contribution in [0.3, 0.4) is 0 Å². The molecule has 5 rings (SSSR count). The Morgan fingerprint density at radius 2 is 1.97 bits per heavy atom. The molecule has 3 fully saturated rings. The summed E-state index contributed by atoms with van der Waals surface area (Å²) >= 11 is 0. The molecule has 0 bridgehead atoms. The number of aromatic nitrogens is 4. The highest BCUT2D eigenvalue weighted by molar-refractivity contribution is 7.90. The van der Waals surface area contributed by atoms with E-state index in [1.54, 1.807) is 10.8 Å². The van der Waals surface area contributed by atoms with E-state index in [4.69, 9.17) is 14.6 Å². The fourth-order valence-corrected chi connectivity index (χ4v) is 5.46. The number of fused-ring (bicyclic) bond motifs is 1. The maximum atomic E-state index is 12.0. The number of nitrogens with zero attached hydrogens (tertiary/aromatic N) is 5. The van der Waals surface area contributed by atoms with E-state index >= 15 is 0 Å². The smallest absolute Gasteiger partial charge is 0.475 e. The Morgan fingerprint density at radius 3 is 2.61 bits per heavy atom. The molecule has 11 nitrogen and oxygen atoms in total. The summed E-state index contributed by atoms with van der Waals surface area (Å²) in [6.07, 6.45) is -0.0983. The number of hydrogen-bond donors (Lipinski definition) is 2. The van der Waals surface area contributed by atoms with E-state index in [9.17, 15) is 21.6 Å². The number of aliphatic carboxylic acids is 1. The number of ether oxygens (including phenoxy) is 1. The van der Waals surface area contributed by atoms with Crippen molar-refractivity contribution in [1.82, 2.24) is 24.5 Å². The van der Waals surface area contributed by atoms with Gasteiger partial charge in [-0.2, -0.15) is 17.7 Å². The minimum atomic E-state index is -5.08. The Bertz CT molecular complexity index is 1110. The summed E-state index contributed by atoms with van der Waals surface area (Å²) in [6.45, 7) is 2.81. The molecule has 0 aromatic carbocycles. The summed E-state index contributed by atoms with van der Waals surface area (Å²) < 4.78 is 66.2. The van der Waals surface area contributed by atoms with Gasteiger partial charge in [-0.15, -0.1) is 15.3 Å². The van der Waals surface area contributed by atoms with E-state index in [-0.39, 0.29) is 10.9 Å². The lowest BCUT2D eigenvalue weighted by Gasteiger charge is -2.50. The standard InChI is InChI=1S/C16H22N6O3S.C2HF3O2/c23-26(24,13-1-2-13)18-7-5-12-6-8-25-16(12)9-21(10-16)15-4-3-14-19-17-11-22(14)20-15;3-2(4,5)1(6)7/h3-4,11-13,18H,1-2,5-10H2;(H,6,7). The number of nitrogens with one attached hydrogen (secondary N) is 1. The lowest BCUT2D eigenvalue weighted by atomic mass is 9.79. The van der Waals surface area contributed by atoms with Crippen molar-refractivity contribution in [2.45, 2.75) is 42.7 Å². The van der Waals surface area contributed by atoms with Crippen LogP contribution in [0.25, 0.3) is 5.65 Å². The van der Waals surface area contributed by atoms with Gasteiger partial charge in [-0.3, -0.25) is 0 Å². The molecule has 2 aromatic rings. The third-order valence-corrected chi connectivity index (χ3v) is 7.95. The molecule has 2 aliphatic heterocycles. The van der Waals surface area contributed by atoms with E-state index in [2.05, 4.69) is 24.9 Å². The highest BCUT2D eigenvalue weighted by Gasteiger charge is 2.53. The molecule has 1 atom stereocenters. The van der Waals surface area contributed by atoms with Gasteiger partial charge in [-0.25, -0.2) is 17.9 Å². The van der Waals surface area contributed by atoms with Crippen LogP contribution < -0.4 is 9.62 Å². The van der Waals surface area contributed by atoms with Crippen molar-refractivity contribution in [2.75, 3.05) is 31.1 Å². The summed E-state index contributed by atoms with van der Waals surface area (Å²) in [5.74, 6) is -1.50. The summed E-state index contributed by atoms with van der Waals surface area (Å²) in [6, 6.07) is 3.85. The molecular weight excluding hydrogens is 469 g/mol. The third kappa shape index (κ3) is 5.19. The number of carboxylic acid groups (broad SMARTS) is 1. The molecule has 3 aliphatic rings. The van der Waals surface area contributed by atoms with Crippen molar-refractivity contribution in [3.63, 3.8) is 0 Å². The van der Waals surface area contributed by atoms with Gasteiger partial charge < -0.3 is 14.7 Å². The molecule has 1 spiro atoms. The molecule has 1 unspecified atom stereocenters. The molecule has 2 N–H and O–H groups in total. The second-order valence-electron chi connectivity index (χ2n) is 8.31. The zero-order valence-electron chi connectivity index (χ0n) is 17.4. The van der Waals surface area contributed by atoms with Gasteiger partial charge in [-0.1, -0.05) is 0 Å². The number of carboxylic acids is 1. The van der Waals surface area contributed by atoms with Crippen LogP contribution in [0, 0.1) is 5.92 Å². The second kappa shape index (κ2) is 8.68. The maximum Gasteiger partial charge on any atom is 0.490 e. The number of sulfonamides is 1. The lowest BCUT2D eigenvalue weighted by molar-refractivity contribution is -0.192. The first kappa shape index (κ1) is 23.6. The molecule has 0 amide bonds. The van der Waals surface area contributed by atoms with Gasteiger partial charge >= 0.3 is 12.1 Å². The van der Waals surface area contributed by atoms with Crippen molar-refractivity contribution in [3.8, 4) is 0 Å². The van der Waals surface area contributed by atoms with Gasteiger partial charge in [0, 0.05) is 13.2 Å². The fraction of sp³-hybridized carbons (Fsp3) is 0.667. The van der Waals surface area contributed by atoms with Gasteiger partial charge in [0.1, 0.15) is 17.7 Å². The number of hydrogen-bond acceptors (Lipinski definition) is 8. The van der Waals surface area contributed by atoms with E-state index in [1.807, 2.05) is 12.1 Å². The summed E-state index contributed by atoms with van der Waals surface area (Å²) in [5, 5.41) is 19.3. The van der Waals surface area contributed by atoms with E-state index in [1.165, 1.54) is 0 Å². The van der Waals surface area contributed by atoms with Crippen molar-refractivity contribution >= 4 is 27.5 Å². The van der Waals surface area contributed by atoms with E-state index in [0.29, 0.717) is 12.5 Å². The van der Waals surface area contributed by atoms with Crippen LogP contribution in [-0.4, -0.2) is 82.6 Å². The van der Waals surface area contributed by atoms with Crippen LogP contribution in [0.5, 0.6) is 0 Å². The lowest BCUT2D eigenvalue weighted by Crippen LogP contribution is -2.65.